The number of rotatable bonds is 9. The van der Waals surface area contributed by atoms with E-state index in [2.05, 4.69) is 15.6 Å². The van der Waals surface area contributed by atoms with Crippen molar-refractivity contribution in [3.8, 4) is 5.75 Å². The molecule has 3 aromatic rings. The average molecular weight is 595 g/mol. The monoisotopic (exact) mass is 594 g/mol. The number of hydrogen-bond acceptors (Lipinski definition) is 6. The molecule has 11 heteroatoms. The Morgan fingerprint density at radius 2 is 1.74 bits per heavy atom. The minimum Gasteiger partial charge on any atom is -0.508 e. The third-order valence-corrected chi connectivity index (χ3v) is 8.03. The van der Waals surface area contributed by atoms with E-state index in [1.165, 1.54) is 26.1 Å². The minimum absolute atomic E-state index is 0.0134. The Labute approximate surface area is 248 Å². The SMILES string of the molecule is Cc1cc(O)c(C)c(C(=O)N[C@@H](Cc2ccccc2)[C@H](O)C(=O)N2CC(F)(F)C(C)(C)[C@H]2C(=O)NCc2ccccn2)c1. The van der Waals surface area contributed by atoms with E-state index in [9.17, 15) is 24.6 Å². The summed E-state index contributed by atoms with van der Waals surface area (Å²) in [7, 11) is 0. The largest absolute Gasteiger partial charge is 0.508 e. The predicted octanol–water partition coefficient (Wildman–Crippen LogP) is 3.29. The number of pyridine rings is 1. The summed E-state index contributed by atoms with van der Waals surface area (Å²) in [6.07, 6.45) is -0.457. The van der Waals surface area contributed by atoms with Gasteiger partial charge in [0, 0.05) is 17.3 Å². The van der Waals surface area contributed by atoms with E-state index in [4.69, 9.17) is 0 Å². The Morgan fingerprint density at radius 1 is 1.07 bits per heavy atom. The Balaban J connectivity index is 1.63. The topological polar surface area (TPSA) is 132 Å². The number of carbonyl (C=O) groups is 3. The first-order valence-electron chi connectivity index (χ1n) is 13.9. The molecule has 1 fully saturated rings. The molecule has 4 N–H and O–H groups in total. The highest BCUT2D eigenvalue weighted by Crippen LogP contribution is 2.48. The van der Waals surface area contributed by atoms with Crippen molar-refractivity contribution in [3.63, 3.8) is 0 Å². The smallest absolute Gasteiger partial charge is 0.272 e. The van der Waals surface area contributed by atoms with Gasteiger partial charge in [-0.3, -0.25) is 19.4 Å². The van der Waals surface area contributed by atoms with E-state index in [0.717, 1.165) is 0 Å². The van der Waals surface area contributed by atoms with Gasteiger partial charge in [0.2, 0.25) is 5.91 Å². The second-order valence-electron chi connectivity index (χ2n) is 11.5. The number of phenolic OH excluding ortho intramolecular Hbond substituents is 1. The van der Waals surface area contributed by atoms with E-state index >= 15 is 8.78 Å². The van der Waals surface area contributed by atoms with Gasteiger partial charge in [-0.15, -0.1) is 0 Å². The number of aliphatic hydroxyl groups is 1. The number of aromatic nitrogens is 1. The van der Waals surface area contributed by atoms with Gasteiger partial charge in [-0.2, -0.15) is 0 Å². The van der Waals surface area contributed by atoms with E-state index in [1.54, 1.807) is 68.4 Å². The maximum absolute atomic E-state index is 15.3. The number of nitrogens with one attached hydrogen (secondary N) is 2. The molecule has 0 radical (unpaired) electrons. The number of carbonyl (C=O) groups excluding carboxylic acids is 3. The van der Waals surface area contributed by atoms with Gasteiger partial charge in [0.15, 0.2) is 6.10 Å². The van der Waals surface area contributed by atoms with Gasteiger partial charge in [0.25, 0.3) is 17.7 Å². The number of likely N-dealkylation sites (tertiary alicyclic amines) is 1. The van der Waals surface area contributed by atoms with Crippen molar-refractivity contribution in [2.45, 2.75) is 64.8 Å². The van der Waals surface area contributed by atoms with Gasteiger partial charge in [0.05, 0.1) is 30.2 Å². The Bertz CT molecular complexity index is 1480. The highest BCUT2D eigenvalue weighted by molar-refractivity contribution is 5.97. The minimum atomic E-state index is -3.45. The van der Waals surface area contributed by atoms with Gasteiger partial charge in [-0.25, -0.2) is 8.78 Å². The molecule has 0 saturated carbocycles. The van der Waals surface area contributed by atoms with E-state index in [1.807, 2.05) is 0 Å². The molecule has 9 nitrogen and oxygen atoms in total. The molecule has 0 bridgehead atoms. The molecule has 1 aliphatic heterocycles. The van der Waals surface area contributed by atoms with E-state index in [0.29, 0.717) is 27.3 Å². The van der Waals surface area contributed by atoms with Crippen molar-refractivity contribution < 1.29 is 33.4 Å². The van der Waals surface area contributed by atoms with Crippen LogP contribution in [0.15, 0.2) is 66.9 Å². The highest BCUT2D eigenvalue weighted by atomic mass is 19.3. The molecular formula is C32H36F2N4O5. The number of nitrogens with zero attached hydrogens (tertiary/aromatic N) is 2. The number of amides is 3. The second kappa shape index (κ2) is 12.5. The van der Waals surface area contributed by atoms with Crippen LogP contribution in [0.25, 0.3) is 0 Å². The highest BCUT2D eigenvalue weighted by Gasteiger charge is 2.64. The third kappa shape index (κ3) is 6.67. The summed E-state index contributed by atoms with van der Waals surface area (Å²) in [5.41, 5.74) is 0.249. The molecule has 0 unspecified atom stereocenters. The number of phenols is 1. The van der Waals surface area contributed by atoms with E-state index in [-0.39, 0.29) is 24.3 Å². The Hall–Kier alpha value is -4.38. The first-order chi connectivity index (χ1) is 20.2. The normalized spacial score (nSPS) is 18.5. The molecule has 0 spiro atoms. The van der Waals surface area contributed by atoms with Crippen LogP contribution in [-0.2, 0) is 22.6 Å². The lowest BCUT2D eigenvalue weighted by Gasteiger charge is -2.34. The Morgan fingerprint density at radius 3 is 2.40 bits per heavy atom. The van der Waals surface area contributed by atoms with Gasteiger partial charge in [-0.1, -0.05) is 50.2 Å². The van der Waals surface area contributed by atoms with Crippen LogP contribution in [0.3, 0.4) is 0 Å². The van der Waals surface area contributed by atoms with Crippen molar-refractivity contribution in [2.75, 3.05) is 6.54 Å². The molecule has 228 valence electrons. The molecule has 1 saturated heterocycles. The van der Waals surface area contributed by atoms with Crippen molar-refractivity contribution >= 4 is 17.7 Å². The number of aliphatic hydroxyl groups excluding tert-OH is 1. The van der Waals surface area contributed by atoms with Crippen molar-refractivity contribution in [1.82, 2.24) is 20.5 Å². The first-order valence-corrected chi connectivity index (χ1v) is 13.9. The fourth-order valence-electron chi connectivity index (χ4n) is 5.32. The lowest BCUT2D eigenvalue weighted by atomic mass is 9.81. The number of hydrogen-bond donors (Lipinski definition) is 4. The number of alkyl halides is 2. The summed E-state index contributed by atoms with van der Waals surface area (Å²) in [6, 6.07) is 14.0. The zero-order valence-corrected chi connectivity index (χ0v) is 24.5. The second-order valence-corrected chi connectivity index (χ2v) is 11.5. The standard InChI is InChI=1S/C32H36F2N4O5/c1-19-14-23(20(2)25(39)15-19)28(41)37-24(16-21-10-6-5-7-11-21)26(40)30(43)38-18-32(33,34)31(3,4)27(38)29(42)36-17-22-12-8-9-13-35-22/h5-15,24,26-27,39-40H,16-18H2,1-4H3,(H,36,42)(H,37,41)/t24-,26-,27+/m0/s1. The van der Waals surface area contributed by atoms with Crippen LogP contribution >= 0.6 is 0 Å². The quantitative estimate of drug-likeness (QED) is 0.301. The van der Waals surface area contributed by atoms with Crippen LogP contribution in [0.2, 0.25) is 0 Å². The summed E-state index contributed by atoms with van der Waals surface area (Å²) >= 11 is 0. The number of aryl methyl sites for hydroxylation is 1. The first kappa shape index (κ1) is 31.6. The number of aromatic hydroxyl groups is 1. The van der Waals surface area contributed by atoms with Crippen LogP contribution in [0.1, 0.15) is 46.6 Å². The average Bonchev–Trinajstić information content (AvgIpc) is 3.16. The van der Waals surface area contributed by atoms with Crippen LogP contribution in [0.4, 0.5) is 8.78 Å². The lowest BCUT2D eigenvalue weighted by molar-refractivity contribution is -0.148. The molecule has 3 amide bonds. The number of halogens is 2. The van der Waals surface area contributed by atoms with Crippen molar-refractivity contribution in [1.29, 1.82) is 0 Å². The molecule has 2 heterocycles. The maximum atomic E-state index is 15.3. The van der Waals surface area contributed by atoms with Crippen LogP contribution in [0, 0.1) is 19.3 Å². The summed E-state index contributed by atoms with van der Waals surface area (Å²) in [5, 5.41) is 26.9. The van der Waals surface area contributed by atoms with E-state index < -0.39 is 53.8 Å². The molecular weight excluding hydrogens is 558 g/mol. The fourth-order valence-corrected chi connectivity index (χ4v) is 5.32. The predicted molar refractivity (Wildman–Crippen MR) is 155 cm³/mol. The summed E-state index contributed by atoms with van der Waals surface area (Å²) < 4.78 is 30.6. The molecule has 2 aromatic carbocycles. The van der Waals surface area contributed by atoms with Crippen molar-refractivity contribution in [2.24, 2.45) is 5.41 Å². The molecule has 43 heavy (non-hydrogen) atoms. The molecule has 4 rings (SSSR count). The van der Waals surface area contributed by atoms with Gasteiger partial charge >= 0.3 is 0 Å². The van der Waals surface area contributed by atoms with Crippen LogP contribution in [0.5, 0.6) is 5.75 Å². The van der Waals surface area contributed by atoms with Gasteiger partial charge in [-0.05, 0) is 55.7 Å². The summed E-state index contributed by atoms with van der Waals surface area (Å²) in [4.78, 5) is 45.3. The van der Waals surface area contributed by atoms with Crippen LogP contribution in [-0.4, -0.2) is 68.5 Å². The van der Waals surface area contributed by atoms with Gasteiger partial charge in [0.1, 0.15) is 11.8 Å². The Kier molecular flexibility index (Phi) is 9.15. The zero-order valence-electron chi connectivity index (χ0n) is 24.5. The lowest BCUT2D eigenvalue weighted by Crippen LogP contribution is -2.57. The molecule has 0 aliphatic carbocycles. The molecule has 1 aliphatic rings. The summed E-state index contributed by atoms with van der Waals surface area (Å²) in [6.45, 7) is 4.53. The zero-order chi connectivity index (χ0) is 31.5. The molecule has 1 aromatic heterocycles. The number of benzene rings is 2. The van der Waals surface area contributed by atoms with Gasteiger partial charge < -0.3 is 25.7 Å². The maximum Gasteiger partial charge on any atom is 0.272 e. The summed E-state index contributed by atoms with van der Waals surface area (Å²) in [5.74, 6) is -6.15. The third-order valence-electron chi connectivity index (χ3n) is 8.03. The van der Waals surface area contributed by atoms with Crippen molar-refractivity contribution in [3.05, 3.63) is 94.8 Å². The fraction of sp³-hybridized carbons (Fsp3) is 0.375. The van der Waals surface area contributed by atoms with Crippen LogP contribution < -0.4 is 10.6 Å². The molecule has 3 atom stereocenters.